The van der Waals surface area contributed by atoms with Gasteiger partial charge in [0.2, 0.25) is 0 Å². The Morgan fingerprint density at radius 2 is 1.93 bits per heavy atom. The van der Waals surface area contributed by atoms with Gasteiger partial charge in [0.15, 0.2) is 0 Å². The largest absolute Gasteiger partial charge is 0.478 e. The van der Waals surface area contributed by atoms with Crippen molar-refractivity contribution in [2.45, 2.75) is 12.5 Å². The van der Waals surface area contributed by atoms with Gasteiger partial charge in [0.1, 0.15) is 5.00 Å². The molecule has 1 aliphatic heterocycles. The van der Waals surface area contributed by atoms with E-state index < -0.39 is 17.1 Å². The topological polar surface area (TPSA) is 130 Å². The van der Waals surface area contributed by atoms with Crippen LogP contribution < -0.4 is 27.2 Å². The molecule has 3 heterocycles. The number of hydrogen-bond donors (Lipinski definition) is 4. The molecule has 1 aromatic carbocycles. The molecule has 0 saturated heterocycles. The fourth-order valence-corrected chi connectivity index (χ4v) is 4.48. The predicted molar refractivity (Wildman–Crippen MR) is 103 cm³/mol. The summed E-state index contributed by atoms with van der Waals surface area (Å²) >= 11 is 1.17. The maximum absolute atomic E-state index is 12.3. The van der Waals surface area contributed by atoms with Crippen LogP contribution in [0.15, 0.2) is 39.9 Å². The first-order valence-electron chi connectivity index (χ1n) is 8.58. The smallest absolute Gasteiger partial charge is 0.340 e. The van der Waals surface area contributed by atoms with Crippen LogP contribution in [0.2, 0.25) is 0 Å². The number of aromatic carboxylic acids is 1. The first-order valence-corrected chi connectivity index (χ1v) is 9.39. The van der Waals surface area contributed by atoms with Gasteiger partial charge in [-0.15, -0.1) is 11.3 Å². The quantitative estimate of drug-likeness (QED) is 0.439. The van der Waals surface area contributed by atoms with E-state index in [9.17, 15) is 24.3 Å². The van der Waals surface area contributed by atoms with Crippen LogP contribution in [0.5, 0.6) is 0 Å². The van der Waals surface area contributed by atoms with Crippen LogP contribution in [0.1, 0.15) is 37.2 Å². The van der Waals surface area contributed by atoms with Gasteiger partial charge in [-0.1, -0.05) is 18.2 Å². The molecule has 0 aliphatic carbocycles. The van der Waals surface area contributed by atoms with E-state index in [1.807, 2.05) is 6.07 Å². The second-order valence-corrected chi connectivity index (χ2v) is 7.40. The number of carbonyl (C=O) groups is 2. The molecular weight excluding hydrogens is 384 g/mol. The molecule has 28 heavy (non-hydrogen) atoms. The average molecular weight is 400 g/mol. The van der Waals surface area contributed by atoms with E-state index in [-0.39, 0.29) is 29.1 Å². The second-order valence-electron chi connectivity index (χ2n) is 6.34. The summed E-state index contributed by atoms with van der Waals surface area (Å²) in [5.41, 5.74) is 2.44. The minimum atomic E-state index is -1.13. The van der Waals surface area contributed by atoms with Gasteiger partial charge in [-0.3, -0.25) is 19.8 Å². The maximum atomic E-state index is 12.3. The molecule has 0 spiro atoms. The fraction of sp³-hybridized carbons (Fsp3) is 0.222. The van der Waals surface area contributed by atoms with Crippen molar-refractivity contribution in [3.8, 4) is 0 Å². The van der Waals surface area contributed by atoms with E-state index in [0.29, 0.717) is 24.1 Å². The second kappa shape index (κ2) is 7.06. The van der Waals surface area contributed by atoms with Gasteiger partial charge < -0.3 is 15.7 Å². The summed E-state index contributed by atoms with van der Waals surface area (Å²) in [4.78, 5) is 47.3. The van der Waals surface area contributed by atoms with Gasteiger partial charge in [0, 0.05) is 17.0 Å². The highest BCUT2D eigenvalue weighted by Gasteiger charge is 2.31. The van der Waals surface area contributed by atoms with Crippen molar-refractivity contribution in [3.63, 3.8) is 0 Å². The van der Waals surface area contributed by atoms with Crippen molar-refractivity contribution in [3.05, 3.63) is 72.6 Å². The van der Waals surface area contributed by atoms with Crippen LogP contribution in [0.4, 0.5) is 5.00 Å². The summed E-state index contributed by atoms with van der Waals surface area (Å²) in [5, 5.41) is 16.0. The number of hydrogen-bond acceptors (Lipinski definition) is 7. The molecule has 3 aromatic rings. The summed E-state index contributed by atoms with van der Waals surface area (Å²) in [6.07, 6.45) is 0.500. The van der Waals surface area contributed by atoms with E-state index in [4.69, 9.17) is 0 Å². The highest BCUT2D eigenvalue weighted by Crippen LogP contribution is 2.39. The van der Waals surface area contributed by atoms with E-state index in [2.05, 4.69) is 16.1 Å². The monoisotopic (exact) mass is 400 g/mol. The van der Waals surface area contributed by atoms with Gasteiger partial charge in [-0.25, -0.2) is 4.79 Å². The van der Waals surface area contributed by atoms with Gasteiger partial charge >= 0.3 is 17.1 Å². The molecule has 0 radical (unpaired) electrons. The Hall–Kier alpha value is -3.24. The molecule has 9 nitrogen and oxygen atoms in total. The molecule has 0 fully saturated rings. The number of rotatable bonds is 6. The van der Waals surface area contributed by atoms with E-state index in [1.54, 1.807) is 24.3 Å². The summed E-state index contributed by atoms with van der Waals surface area (Å²) in [6.45, 7) is 0.832. The summed E-state index contributed by atoms with van der Waals surface area (Å²) in [6, 6.07) is 8.53. The zero-order valence-corrected chi connectivity index (χ0v) is 15.3. The Morgan fingerprint density at radius 3 is 2.57 bits per heavy atom. The van der Waals surface area contributed by atoms with Gasteiger partial charge in [0.05, 0.1) is 11.6 Å². The first-order chi connectivity index (χ1) is 13.5. The molecule has 0 bridgehead atoms. The number of carboxylic acid groups (broad SMARTS) is 1. The molecule has 1 unspecified atom stereocenters. The number of amides is 1. The van der Waals surface area contributed by atoms with Crippen LogP contribution in [0.3, 0.4) is 0 Å². The Labute approximate surface area is 162 Å². The highest BCUT2D eigenvalue weighted by atomic mass is 32.1. The highest BCUT2D eigenvalue weighted by molar-refractivity contribution is 7.16. The number of thiophene rings is 1. The van der Waals surface area contributed by atoms with E-state index in [0.717, 1.165) is 9.55 Å². The molecule has 1 aliphatic rings. The van der Waals surface area contributed by atoms with E-state index >= 15 is 0 Å². The van der Waals surface area contributed by atoms with Crippen LogP contribution >= 0.6 is 11.3 Å². The lowest BCUT2D eigenvalue weighted by Gasteiger charge is -2.24. The Morgan fingerprint density at radius 1 is 1.21 bits per heavy atom. The maximum Gasteiger partial charge on any atom is 0.340 e. The average Bonchev–Trinajstić information content (AvgIpc) is 3.10. The number of anilines is 1. The third-order valence-corrected chi connectivity index (χ3v) is 5.84. The lowest BCUT2D eigenvalue weighted by atomic mass is 9.99. The van der Waals surface area contributed by atoms with Crippen LogP contribution in [-0.4, -0.2) is 34.7 Å². The fourth-order valence-electron chi connectivity index (χ4n) is 3.17. The molecule has 4 rings (SSSR count). The Kier molecular flexibility index (Phi) is 4.57. The number of carbonyl (C=O) groups excluding carboxylic acids is 1. The standard InChI is InChI=1S/C18H16N4O5S/c23-14(9-4-2-1-3-5-9)20-8-11-13-10(6-7-19-11)12(18(26)27)15(28-13)21-22-16(24)17(22)25/h1-5,11,19,21H,6-8H2,(H,20,23)(H,26,27). The number of nitrogens with one attached hydrogen (secondary N) is 3. The number of nitrogens with zero attached hydrogens (tertiary/aromatic N) is 1. The van der Waals surface area contributed by atoms with Crippen molar-refractivity contribution in [1.82, 2.24) is 15.3 Å². The SMILES string of the molecule is O=C(NCC1NCCc2c1sc(Nn1c(=O)c1=O)c2C(=O)O)c1ccccc1. The van der Waals surface area contributed by atoms with Crippen LogP contribution in [0.25, 0.3) is 0 Å². The normalized spacial score (nSPS) is 15.9. The van der Waals surface area contributed by atoms with Crippen molar-refractivity contribution >= 4 is 28.2 Å². The van der Waals surface area contributed by atoms with E-state index in [1.165, 1.54) is 11.3 Å². The molecule has 1 atom stereocenters. The van der Waals surface area contributed by atoms with Crippen molar-refractivity contribution in [1.29, 1.82) is 0 Å². The van der Waals surface area contributed by atoms with Crippen molar-refractivity contribution < 1.29 is 14.7 Å². The number of benzene rings is 1. The lowest BCUT2D eigenvalue weighted by molar-refractivity contribution is 0.0696. The molecule has 2 aromatic heterocycles. The summed E-state index contributed by atoms with van der Waals surface area (Å²) < 4.78 is 0.781. The Balaban J connectivity index is 1.57. The molecule has 10 heteroatoms. The molecule has 0 saturated carbocycles. The minimum absolute atomic E-state index is 0.0633. The molecular formula is C18H16N4O5S. The third kappa shape index (κ3) is 3.23. The first kappa shape index (κ1) is 18.1. The van der Waals surface area contributed by atoms with Crippen LogP contribution in [0, 0.1) is 0 Å². The van der Waals surface area contributed by atoms with Gasteiger partial charge in [-0.05, 0) is 30.7 Å². The molecule has 144 valence electrons. The van der Waals surface area contributed by atoms with Gasteiger partial charge in [-0.2, -0.15) is 4.68 Å². The Bertz CT molecular complexity index is 1100. The zero-order chi connectivity index (χ0) is 19.8. The van der Waals surface area contributed by atoms with Gasteiger partial charge in [0.25, 0.3) is 5.91 Å². The summed E-state index contributed by atoms with van der Waals surface area (Å²) in [5.74, 6) is -1.35. The minimum Gasteiger partial charge on any atom is -0.478 e. The molecule has 1 amide bonds. The van der Waals surface area contributed by atoms with Crippen molar-refractivity contribution in [2.24, 2.45) is 0 Å². The predicted octanol–water partition coefficient (Wildman–Crippen LogP) is 0.336. The van der Waals surface area contributed by atoms with Crippen molar-refractivity contribution in [2.75, 3.05) is 18.5 Å². The number of aromatic nitrogens is 1. The lowest BCUT2D eigenvalue weighted by Crippen LogP contribution is -2.38. The third-order valence-electron chi connectivity index (χ3n) is 4.59. The number of carboxylic acids is 1. The van der Waals surface area contributed by atoms with Crippen LogP contribution in [-0.2, 0) is 6.42 Å². The number of fused-ring (bicyclic) bond motifs is 1. The zero-order valence-electron chi connectivity index (χ0n) is 14.5. The summed E-state index contributed by atoms with van der Waals surface area (Å²) in [7, 11) is 0. The molecule has 4 N–H and O–H groups in total.